The molecule has 0 amide bonds. The van der Waals surface area contributed by atoms with Gasteiger partial charge < -0.3 is 4.74 Å². The van der Waals surface area contributed by atoms with E-state index in [9.17, 15) is 18.0 Å². The molecule has 1 heterocycles. The molecule has 8 heteroatoms. The molecule has 0 bridgehead atoms. The van der Waals surface area contributed by atoms with Crippen molar-refractivity contribution in [3.8, 4) is 0 Å². The topological polar surface area (TPSA) is 39.2 Å². The smallest absolute Gasteiger partial charge is 0.443 e. The van der Waals surface area contributed by atoms with Gasteiger partial charge in [0.1, 0.15) is 10.4 Å². The first-order valence-corrected chi connectivity index (χ1v) is 6.93. The second kappa shape index (κ2) is 5.92. The molecule has 2 rings (SSSR count). The fourth-order valence-electron chi connectivity index (χ4n) is 1.34. The van der Waals surface area contributed by atoms with Gasteiger partial charge in [-0.05, 0) is 21.5 Å². The van der Waals surface area contributed by atoms with E-state index in [1.165, 1.54) is 0 Å². The molecule has 0 spiro atoms. The number of nitrogens with zero attached hydrogens (tertiary/aromatic N) is 1. The van der Waals surface area contributed by atoms with E-state index in [1.807, 2.05) is 0 Å². The summed E-state index contributed by atoms with van der Waals surface area (Å²) in [6, 6.07) is 8.82. The lowest BCUT2D eigenvalue weighted by molar-refractivity contribution is -0.137. The van der Waals surface area contributed by atoms with Gasteiger partial charge in [-0.25, -0.2) is 9.78 Å². The highest BCUT2D eigenvalue weighted by atomic mass is 79.9. The van der Waals surface area contributed by atoms with Crippen LogP contribution in [0.25, 0.3) is 0 Å². The van der Waals surface area contributed by atoms with Crippen molar-refractivity contribution in [1.82, 2.24) is 4.98 Å². The summed E-state index contributed by atoms with van der Waals surface area (Å²) in [5.41, 5.74) is 0.376. The van der Waals surface area contributed by atoms with Crippen LogP contribution in [-0.4, -0.2) is 11.0 Å². The minimum Gasteiger partial charge on any atom is -0.456 e. The van der Waals surface area contributed by atoms with E-state index in [1.54, 1.807) is 30.3 Å². The fourth-order valence-corrected chi connectivity index (χ4v) is 2.70. The van der Waals surface area contributed by atoms with Crippen molar-refractivity contribution in [1.29, 1.82) is 0 Å². The number of rotatable bonds is 3. The lowest BCUT2D eigenvalue weighted by Crippen LogP contribution is -2.09. The van der Waals surface area contributed by atoms with Crippen molar-refractivity contribution in [3.05, 3.63) is 50.4 Å². The number of benzene rings is 1. The van der Waals surface area contributed by atoms with Gasteiger partial charge in [-0.2, -0.15) is 13.2 Å². The SMILES string of the molecule is O=C(OCc1ccccc1)c1nc(C(F)(F)F)sc1Br. The highest BCUT2D eigenvalue weighted by Gasteiger charge is 2.37. The van der Waals surface area contributed by atoms with E-state index in [-0.39, 0.29) is 16.1 Å². The van der Waals surface area contributed by atoms with E-state index in [4.69, 9.17) is 4.74 Å². The summed E-state index contributed by atoms with van der Waals surface area (Å²) in [7, 11) is 0. The molecule has 0 atom stereocenters. The van der Waals surface area contributed by atoms with Gasteiger partial charge in [-0.3, -0.25) is 0 Å². The van der Waals surface area contributed by atoms with Crippen molar-refractivity contribution >= 4 is 33.2 Å². The zero-order chi connectivity index (χ0) is 14.8. The third-order valence-electron chi connectivity index (χ3n) is 2.23. The second-order valence-electron chi connectivity index (χ2n) is 3.70. The lowest BCUT2D eigenvalue weighted by Gasteiger charge is -2.03. The summed E-state index contributed by atoms with van der Waals surface area (Å²) in [5.74, 6) is -0.896. The van der Waals surface area contributed by atoms with E-state index < -0.39 is 17.2 Å². The number of hydrogen-bond donors (Lipinski definition) is 0. The Morgan fingerprint density at radius 3 is 2.50 bits per heavy atom. The van der Waals surface area contributed by atoms with E-state index in [2.05, 4.69) is 20.9 Å². The standard InChI is InChI=1S/C12H7BrF3NO2S/c13-9-8(17-11(20-9)12(14,15)16)10(18)19-6-7-4-2-1-3-5-7/h1-5H,6H2. The first-order valence-electron chi connectivity index (χ1n) is 5.32. The monoisotopic (exact) mass is 365 g/mol. The van der Waals surface area contributed by atoms with E-state index in [0.29, 0.717) is 11.3 Å². The maximum atomic E-state index is 12.5. The molecular formula is C12H7BrF3NO2S. The average molecular weight is 366 g/mol. The zero-order valence-corrected chi connectivity index (χ0v) is 12.2. The summed E-state index contributed by atoms with van der Waals surface area (Å²) < 4.78 is 42.3. The molecule has 3 nitrogen and oxygen atoms in total. The van der Waals surface area contributed by atoms with Gasteiger partial charge in [-0.15, -0.1) is 11.3 Å². The van der Waals surface area contributed by atoms with Crippen LogP contribution in [0.1, 0.15) is 21.1 Å². The Morgan fingerprint density at radius 1 is 1.30 bits per heavy atom. The molecule has 0 radical (unpaired) electrons. The van der Waals surface area contributed by atoms with Gasteiger partial charge in [0.25, 0.3) is 0 Å². The first kappa shape index (κ1) is 15.0. The molecule has 0 aliphatic carbocycles. The van der Waals surface area contributed by atoms with Crippen molar-refractivity contribution < 1.29 is 22.7 Å². The Morgan fingerprint density at radius 2 is 1.95 bits per heavy atom. The van der Waals surface area contributed by atoms with Gasteiger partial charge in [0.05, 0.1) is 0 Å². The predicted molar refractivity (Wildman–Crippen MR) is 70.4 cm³/mol. The molecule has 0 fully saturated rings. The Labute approximate surface area is 124 Å². The van der Waals surface area contributed by atoms with Crippen molar-refractivity contribution in [2.75, 3.05) is 0 Å². The van der Waals surface area contributed by atoms with E-state index >= 15 is 0 Å². The Kier molecular flexibility index (Phi) is 4.44. The summed E-state index contributed by atoms with van der Waals surface area (Å²) in [5, 5.41) is -1.09. The van der Waals surface area contributed by atoms with Crippen LogP contribution in [-0.2, 0) is 17.5 Å². The third kappa shape index (κ3) is 3.57. The molecule has 0 saturated heterocycles. The van der Waals surface area contributed by atoms with Crippen LogP contribution in [0, 0.1) is 0 Å². The number of thiazole rings is 1. The van der Waals surface area contributed by atoms with Crippen LogP contribution in [0.2, 0.25) is 0 Å². The number of hydrogen-bond acceptors (Lipinski definition) is 4. The second-order valence-corrected chi connectivity index (χ2v) is 6.02. The fraction of sp³-hybridized carbons (Fsp3) is 0.167. The number of carbonyl (C=O) groups is 1. The van der Waals surface area contributed by atoms with Gasteiger partial charge >= 0.3 is 12.1 Å². The summed E-state index contributed by atoms with van der Waals surface area (Å²) in [4.78, 5) is 15.0. The van der Waals surface area contributed by atoms with Gasteiger partial charge in [0, 0.05) is 0 Å². The molecule has 1 aromatic heterocycles. The normalized spacial score (nSPS) is 11.4. The molecule has 0 saturated carbocycles. The maximum Gasteiger partial charge on any atom is 0.443 e. The minimum atomic E-state index is -4.58. The largest absolute Gasteiger partial charge is 0.456 e. The maximum absolute atomic E-state index is 12.5. The molecule has 20 heavy (non-hydrogen) atoms. The van der Waals surface area contributed by atoms with Crippen LogP contribution < -0.4 is 0 Å². The molecule has 0 unspecified atom stereocenters. The Hall–Kier alpha value is -1.41. The molecule has 0 aliphatic rings. The molecule has 106 valence electrons. The Bertz CT molecular complexity index is 613. The van der Waals surface area contributed by atoms with Crippen LogP contribution in [0.3, 0.4) is 0 Å². The number of halogens is 4. The zero-order valence-electron chi connectivity index (χ0n) is 9.78. The number of aromatic nitrogens is 1. The quantitative estimate of drug-likeness (QED) is 0.762. The van der Waals surface area contributed by atoms with Crippen LogP contribution in [0.15, 0.2) is 34.1 Å². The van der Waals surface area contributed by atoms with Crippen molar-refractivity contribution in [2.45, 2.75) is 12.8 Å². The van der Waals surface area contributed by atoms with Crippen molar-refractivity contribution in [3.63, 3.8) is 0 Å². The van der Waals surface area contributed by atoms with Gasteiger partial charge in [-0.1, -0.05) is 30.3 Å². The Balaban J connectivity index is 2.08. The highest BCUT2D eigenvalue weighted by Crippen LogP contribution is 2.36. The summed E-state index contributed by atoms with van der Waals surface area (Å²) in [6.45, 7) is -0.0228. The lowest BCUT2D eigenvalue weighted by atomic mass is 10.2. The number of esters is 1. The predicted octanol–water partition coefficient (Wildman–Crippen LogP) is 4.28. The number of ether oxygens (including phenoxy) is 1. The first-order chi connectivity index (χ1) is 9.38. The minimum absolute atomic E-state index is 0.00267. The van der Waals surface area contributed by atoms with E-state index in [0.717, 1.165) is 5.56 Å². The molecule has 0 aliphatic heterocycles. The number of carbonyl (C=O) groups excluding carboxylic acids is 1. The highest BCUT2D eigenvalue weighted by molar-refractivity contribution is 9.11. The molecule has 1 aromatic carbocycles. The van der Waals surface area contributed by atoms with Crippen LogP contribution >= 0.6 is 27.3 Å². The molecule has 0 N–H and O–H groups in total. The third-order valence-corrected chi connectivity index (χ3v) is 3.98. The summed E-state index contributed by atoms with van der Waals surface area (Å²) >= 11 is 3.24. The van der Waals surface area contributed by atoms with Gasteiger partial charge in [0.2, 0.25) is 0 Å². The van der Waals surface area contributed by atoms with Crippen molar-refractivity contribution in [2.24, 2.45) is 0 Å². The number of alkyl halides is 3. The summed E-state index contributed by atoms with van der Waals surface area (Å²) in [6.07, 6.45) is -4.58. The van der Waals surface area contributed by atoms with Gasteiger partial charge in [0.15, 0.2) is 10.7 Å². The molecule has 2 aromatic rings. The molecular weight excluding hydrogens is 359 g/mol. The average Bonchev–Trinajstić information content (AvgIpc) is 2.79. The van der Waals surface area contributed by atoms with Crippen LogP contribution in [0.5, 0.6) is 0 Å². The van der Waals surface area contributed by atoms with Crippen LogP contribution in [0.4, 0.5) is 13.2 Å².